The maximum Gasteiger partial charge on any atom is 0.254 e. The van der Waals surface area contributed by atoms with E-state index < -0.39 is 0 Å². The first-order valence-corrected chi connectivity index (χ1v) is 4.84. The van der Waals surface area contributed by atoms with Gasteiger partial charge in [0.15, 0.2) is 0 Å². The molecule has 1 aliphatic rings. The number of carbonyl (C=O) groups is 2. The summed E-state index contributed by atoms with van der Waals surface area (Å²) >= 11 is 5.94. The maximum atomic E-state index is 11.3. The van der Waals surface area contributed by atoms with Gasteiger partial charge in [-0.25, -0.2) is 0 Å². The van der Waals surface area contributed by atoms with Crippen molar-refractivity contribution in [2.45, 2.75) is 6.42 Å². The van der Waals surface area contributed by atoms with Crippen molar-refractivity contribution in [3.05, 3.63) is 46.5 Å². The van der Waals surface area contributed by atoms with Crippen LogP contribution < -0.4 is 5.32 Å². The minimum absolute atomic E-state index is 0.333. The molecule has 76 valence electrons. The Hall–Kier alpha value is -1.61. The summed E-state index contributed by atoms with van der Waals surface area (Å²) in [5, 5.41) is 2.80. The number of hydrogen-bond acceptors (Lipinski definition) is 2. The molecule has 0 fully saturated rings. The van der Waals surface area contributed by atoms with Gasteiger partial charge in [-0.1, -0.05) is 29.8 Å². The van der Waals surface area contributed by atoms with Crippen LogP contribution in [0.5, 0.6) is 0 Å². The molecule has 2 rings (SSSR count). The highest BCUT2D eigenvalue weighted by atomic mass is 35.5. The SMILES string of the molecule is O=C1C=C(Cc2ccccc2Cl)C(=O)N1. The number of amides is 2. The zero-order valence-corrected chi connectivity index (χ0v) is 8.54. The average Bonchev–Trinajstić information content (AvgIpc) is 2.49. The lowest BCUT2D eigenvalue weighted by molar-refractivity contribution is -0.123. The summed E-state index contributed by atoms with van der Waals surface area (Å²) in [6, 6.07) is 7.25. The van der Waals surface area contributed by atoms with Gasteiger partial charge in [0.05, 0.1) is 0 Å². The first-order chi connectivity index (χ1) is 7.16. The highest BCUT2D eigenvalue weighted by Crippen LogP contribution is 2.19. The molecule has 1 aromatic rings. The Kier molecular flexibility index (Phi) is 2.56. The molecule has 0 radical (unpaired) electrons. The summed E-state index contributed by atoms with van der Waals surface area (Å²) in [5.41, 5.74) is 1.29. The molecule has 0 saturated carbocycles. The lowest BCUT2D eigenvalue weighted by Gasteiger charge is -2.02. The standard InChI is InChI=1S/C11H8ClNO2/c12-9-4-2-1-3-7(9)5-8-6-10(14)13-11(8)15/h1-4,6H,5H2,(H,13,14,15). The molecule has 4 heteroatoms. The van der Waals surface area contributed by atoms with Crippen molar-refractivity contribution in [3.8, 4) is 0 Å². The van der Waals surface area contributed by atoms with Gasteiger partial charge in [-0.15, -0.1) is 0 Å². The normalized spacial score (nSPS) is 15.1. The van der Waals surface area contributed by atoms with Crippen LogP contribution in [-0.4, -0.2) is 11.8 Å². The van der Waals surface area contributed by atoms with Gasteiger partial charge < -0.3 is 0 Å². The third kappa shape index (κ3) is 2.07. The van der Waals surface area contributed by atoms with Crippen LogP contribution in [-0.2, 0) is 16.0 Å². The summed E-state index contributed by atoms with van der Waals surface area (Å²) < 4.78 is 0. The summed E-state index contributed by atoms with van der Waals surface area (Å²) in [5.74, 6) is -0.693. The number of halogens is 1. The molecule has 3 nitrogen and oxygen atoms in total. The van der Waals surface area contributed by atoms with Gasteiger partial charge in [-0.3, -0.25) is 14.9 Å². The summed E-state index contributed by atoms with van der Waals surface area (Å²) in [7, 11) is 0. The molecule has 0 bridgehead atoms. The molecule has 0 aliphatic carbocycles. The van der Waals surface area contributed by atoms with Crippen molar-refractivity contribution in [1.82, 2.24) is 5.32 Å². The van der Waals surface area contributed by atoms with Gasteiger partial charge in [0, 0.05) is 23.1 Å². The van der Waals surface area contributed by atoms with E-state index in [2.05, 4.69) is 5.32 Å². The van der Waals surface area contributed by atoms with E-state index in [0.29, 0.717) is 17.0 Å². The second-order valence-electron chi connectivity index (χ2n) is 3.26. The Morgan fingerprint density at radius 3 is 2.53 bits per heavy atom. The van der Waals surface area contributed by atoms with Gasteiger partial charge in [0.25, 0.3) is 11.8 Å². The fourth-order valence-corrected chi connectivity index (χ4v) is 1.63. The second-order valence-corrected chi connectivity index (χ2v) is 3.66. The molecule has 1 aromatic carbocycles. The smallest absolute Gasteiger partial charge is 0.254 e. The Labute approximate surface area is 91.7 Å². The van der Waals surface area contributed by atoms with Gasteiger partial charge >= 0.3 is 0 Å². The van der Waals surface area contributed by atoms with Crippen LogP contribution in [0.3, 0.4) is 0 Å². The predicted molar refractivity (Wildman–Crippen MR) is 56.4 cm³/mol. The van der Waals surface area contributed by atoms with Gasteiger partial charge in [-0.2, -0.15) is 0 Å². The molecule has 0 aromatic heterocycles. The predicted octanol–water partition coefficient (Wildman–Crippen LogP) is 1.47. The van der Waals surface area contributed by atoms with Crippen LogP contribution in [0, 0.1) is 0 Å². The number of nitrogens with one attached hydrogen (secondary N) is 1. The quantitative estimate of drug-likeness (QED) is 0.769. The van der Waals surface area contributed by atoms with Crippen LogP contribution in [0.25, 0.3) is 0 Å². The minimum Gasteiger partial charge on any atom is -0.289 e. The molecule has 1 aliphatic heterocycles. The number of hydrogen-bond donors (Lipinski definition) is 1. The van der Waals surface area contributed by atoms with Crippen LogP contribution in [0.4, 0.5) is 0 Å². The Morgan fingerprint density at radius 2 is 1.93 bits per heavy atom. The molecule has 2 amide bonds. The van der Waals surface area contributed by atoms with E-state index in [1.54, 1.807) is 6.07 Å². The molecular weight excluding hydrogens is 214 g/mol. The lowest BCUT2D eigenvalue weighted by Crippen LogP contribution is -2.22. The second kappa shape index (κ2) is 3.87. The first-order valence-electron chi connectivity index (χ1n) is 4.46. The van der Waals surface area contributed by atoms with Gasteiger partial charge in [0.2, 0.25) is 0 Å². The van der Waals surface area contributed by atoms with Crippen LogP contribution in [0.2, 0.25) is 5.02 Å². The molecule has 1 heterocycles. The molecule has 0 unspecified atom stereocenters. The number of imide groups is 1. The van der Waals surface area contributed by atoms with Crippen LogP contribution in [0.15, 0.2) is 35.9 Å². The summed E-state index contributed by atoms with van der Waals surface area (Å²) in [6.45, 7) is 0. The monoisotopic (exact) mass is 221 g/mol. The highest BCUT2D eigenvalue weighted by molar-refractivity contribution is 6.31. The average molecular weight is 222 g/mol. The van der Waals surface area contributed by atoms with Crippen molar-refractivity contribution in [3.63, 3.8) is 0 Å². The topological polar surface area (TPSA) is 46.2 Å². The summed E-state index contributed by atoms with van der Waals surface area (Å²) in [6.07, 6.45) is 1.70. The Bertz CT molecular complexity index is 465. The van der Waals surface area contributed by atoms with E-state index >= 15 is 0 Å². The van der Waals surface area contributed by atoms with E-state index in [9.17, 15) is 9.59 Å². The van der Waals surface area contributed by atoms with E-state index in [1.807, 2.05) is 18.2 Å². The number of rotatable bonds is 2. The largest absolute Gasteiger partial charge is 0.289 e. The summed E-state index contributed by atoms with van der Waals surface area (Å²) in [4.78, 5) is 22.2. The lowest BCUT2D eigenvalue weighted by atomic mass is 10.1. The molecule has 0 saturated heterocycles. The Balaban J connectivity index is 2.23. The van der Waals surface area contributed by atoms with Crippen molar-refractivity contribution in [2.75, 3.05) is 0 Å². The number of benzene rings is 1. The molecule has 0 atom stereocenters. The zero-order chi connectivity index (χ0) is 10.8. The third-order valence-corrected chi connectivity index (χ3v) is 2.54. The van der Waals surface area contributed by atoms with Gasteiger partial charge in [-0.05, 0) is 11.6 Å². The fourth-order valence-electron chi connectivity index (χ4n) is 1.43. The highest BCUT2D eigenvalue weighted by Gasteiger charge is 2.21. The molecule has 1 N–H and O–H groups in total. The van der Waals surface area contributed by atoms with Crippen molar-refractivity contribution in [2.24, 2.45) is 0 Å². The van der Waals surface area contributed by atoms with Crippen LogP contribution >= 0.6 is 11.6 Å². The molecule has 0 spiro atoms. The van der Waals surface area contributed by atoms with E-state index in [4.69, 9.17) is 11.6 Å². The third-order valence-electron chi connectivity index (χ3n) is 2.17. The first kappa shape index (κ1) is 9.93. The number of carbonyl (C=O) groups excluding carboxylic acids is 2. The molecular formula is C11H8ClNO2. The van der Waals surface area contributed by atoms with Crippen molar-refractivity contribution < 1.29 is 9.59 Å². The van der Waals surface area contributed by atoms with E-state index in [0.717, 1.165) is 5.56 Å². The minimum atomic E-state index is -0.359. The van der Waals surface area contributed by atoms with Gasteiger partial charge in [0.1, 0.15) is 0 Å². The maximum absolute atomic E-state index is 11.3. The van der Waals surface area contributed by atoms with Crippen LogP contribution in [0.1, 0.15) is 5.56 Å². The van der Waals surface area contributed by atoms with E-state index in [-0.39, 0.29) is 11.8 Å². The Morgan fingerprint density at radius 1 is 1.20 bits per heavy atom. The van der Waals surface area contributed by atoms with Crippen molar-refractivity contribution >= 4 is 23.4 Å². The molecule has 15 heavy (non-hydrogen) atoms. The zero-order valence-electron chi connectivity index (χ0n) is 7.79. The fraction of sp³-hybridized carbons (Fsp3) is 0.0909. The van der Waals surface area contributed by atoms with Crippen molar-refractivity contribution in [1.29, 1.82) is 0 Å². The van der Waals surface area contributed by atoms with E-state index in [1.165, 1.54) is 6.08 Å².